The van der Waals surface area contributed by atoms with Crippen LogP contribution in [0.1, 0.15) is 129 Å². The minimum atomic E-state index is -4.62. The van der Waals surface area contributed by atoms with Crippen LogP contribution in [0.25, 0.3) is 0 Å². The van der Waals surface area contributed by atoms with Crippen molar-refractivity contribution in [2.45, 2.75) is 166 Å². The van der Waals surface area contributed by atoms with Gasteiger partial charge >= 0.3 is 11.9 Å². The second-order valence-electron chi connectivity index (χ2n) is 15.3. The number of allylic oxidation sites excluding steroid dienone is 20. The van der Waals surface area contributed by atoms with Crippen LogP contribution in [0.3, 0.4) is 0 Å². The Morgan fingerprint density at radius 3 is 1.50 bits per heavy atom. The molecule has 0 radical (unpaired) electrons. The first-order chi connectivity index (χ1) is 31.0. The van der Waals surface area contributed by atoms with Crippen molar-refractivity contribution in [1.82, 2.24) is 0 Å². The van der Waals surface area contributed by atoms with E-state index in [9.17, 15) is 37.9 Å². The Hall–Kier alpha value is -3.95. The quantitative estimate of drug-likeness (QED) is 0.0202. The van der Waals surface area contributed by atoms with Gasteiger partial charge in [-0.3, -0.25) is 14.1 Å². The van der Waals surface area contributed by atoms with E-state index >= 15 is 0 Å². The van der Waals surface area contributed by atoms with Gasteiger partial charge in [0, 0.05) is 12.8 Å². The molecular weight excluding hydrogens is 837 g/mol. The van der Waals surface area contributed by atoms with Gasteiger partial charge in [-0.15, -0.1) is 0 Å². The van der Waals surface area contributed by atoms with Crippen LogP contribution >= 0.6 is 0 Å². The number of hydrogen-bond acceptors (Lipinski definition) is 11. The monoisotopic (exact) mass is 915 g/mol. The molecule has 0 aromatic heterocycles. The van der Waals surface area contributed by atoms with E-state index in [0.717, 1.165) is 77.0 Å². The van der Waals surface area contributed by atoms with Crippen LogP contribution < -0.4 is 0 Å². The first-order valence-electron chi connectivity index (χ1n) is 23.1. The third-order valence-electron chi connectivity index (χ3n) is 9.52. The highest BCUT2D eigenvalue weighted by molar-refractivity contribution is 7.85. The Morgan fingerprint density at radius 1 is 0.547 bits per heavy atom. The highest BCUT2D eigenvalue weighted by Crippen LogP contribution is 2.24. The number of esters is 2. The Balaban J connectivity index is 2.53. The van der Waals surface area contributed by atoms with E-state index in [2.05, 4.69) is 123 Å². The molecule has 1 rings (SSSR count). The molecule has 4 N–H and O–H groups in total. The Kier molecular flexibility index (Phi) is 35.8. The van der Waals surface area contributed by atoms with Crippen LogP contribution in [0.5, 0.6) is 0 Å². The molecule has 0 spiro atoms. The van der Waals surface area contributed by atoms with Gasteiger partial charge in [-0.05, 0) is 89.9 Å². The lowest BCUT2D eigenvalue weighted by Crippen LogP contribution is -2.60. The van der Waals surface area contributed by atoms with Crippen LogP contribution in [-0.2, 0) is 38.7 Å². The first kappa shape index (κ1) is 58.1. The van der Waals surface area contributed by atoms with Gasteiger partial charge in [0.2, 0.25) is 0 Å². The number of carbonyl (C=O) groups is 2. The molecule has 1 aliphatic rings. The van der Waals surface area contributed by atoms with E-state index in [-0.39, 0.29) is 19.4 Å². The number of hydrogen-bond donors (Lipinski definition) is 4. The molecule has 0 aromatic rings. The Morgan fingerprint density at radius 2 is 1.02 bits per heavy atom. The highest BCUT2D eigenvalue weighted by atomic mass is 32.2. The summed E-state index contributed by atoms with van der Waals surface area (Å²) in [6.07, 6.45) is 46.8. The molecule has 1 fully saturated rings. The molecular formula is C51H78O12S. The van der Waals surface area contributed by atoms with Crippen molar-refractivity contribution in [1.29, 1.82) is 0 Å². The fourth-order valence-corrected chi connectivity index (χ4v) is 6.68. The third-order valence-corrected chi connectivity index (χ3v) is 10.3. The van der Waals surface area contributed by atoms with Crippen LogP contribution in [0.4, 0.5) is 0 Å². The van der Waals surface area contributed by atoms with Crippen molar-refractivity contribution in [3.8, 4) is 0 Å². The minimum Gasteiger partial charge on any atom is -0.462 e. The molecule has 0 saturated carbocycles. The molecule has 12 nitrogen and oxygen atoms in total. The molecule has 1 saturated heterocycles. The van der Waals surface area contributed by atoms with Gasteiger partial charge in [-0.1, -0.05) is 148 Å². The molecule has 360 valence electrons. The normalized spacial score (nSPS) is 20.8. The van der Waals surface area contributed by atoms with E-state index in [1.165, 1.54) is 6.42 Å². The topological polar surface area (TPSA) is 186 Å². The van der Waals surface area contributed by atoms with Crippen LogP contribution in [0.2, 0.25) is 0 Å². The lowest BCUT2D eigenvalue weighted by Gasteiger charge is -2.40. The van der Waals surface area contributed by atoms with Gasteiger partial charge < -0.3 is 34.3 Å². The molecule has 6 atom stereocenters. The maximum Gasteiger partial charge on any atom is 0.306 e. The highest BCUT2D eigenvalue weighted by Gasteiger charge is 2.46. The number of aliphatic hydroxyl groups excluding tert-OH is 3. The lowest BCUT2D eigenvalue weighted by molar-refractivity contribution is -0.297. The first-order valence-corrected chi connectivity index (χ1v) is 24.7. The summed E-state index contributed by atoms with van der Waals surface area (Å²) in [5, 5.41) is 30.9. The van der Waals surface area contributed by atoms with E-state index < -0.39 is 71.2 Å². The standard InChI is InChI=1S/C51H78O12S/c1-3-5-7-9-11-13-15-17-19-21-22-24-25-27-29-31-33-35-37-39-46(52)60-41-44(42-61-51-50(56)49(55)48(54)45(63-51)43-64(57,58)59)62-47(53)40-38-36-34-32-30-28-26-23-20-18-16-14-12-10-8-6-4-2/h5,7-8,10-11,13-14,16-17,19-20,22-24,27-30,33,35,44-45,48-51,54-56H,3-4,6,9,12,15,18,21,25-26,31-32,34,36-43H2,1-2H3,(H,57,58,59)/b7-5+,10-8+,13-11+,16-14+,19-17+,23-20+,24-22+,29-27+,30-28+,35-33+/t44-,45-,48-,49?,50?,51+/m1/s1. The molecule has 64 heavy (non-hydrogen) atoms. The average Bonchev–Trinajstić information content (AvgIpc) is 3.26. The zero-order chi connectivity index (χ0) is 46.9. The van der Waals surface area contributed by atoms with Gasteiger partial charge in [0.25, 0.3) is 10.1 Å². The number of unbranched alkanes of at least 4 members (excludes halogenated alkanes) is 4. The van der Waals surface area contributed by atoms with Gasteiger partial charge in [-0.2, -0.15) is 8.42 Å². The Bertz CT molecular complexity index is 1640. The van der Waals surface area contributed by atoms with Crippen molar-refractivity contribution in [3.63, 3.8) is 0 Å². The summed E-state index contributed by atoms with van der Waals surface area (Å²) in [6.45, 7) is 3.47. The molecule has 0 bridgehead atoms. The summed E-state index contributed by atoms with van der Waals surface area (Å²) >= 11 is 0. The van der Waals surface area contributed by atoms with Gasteiger partial charge in [0.05, 0.1) is 6.61 Å². The summed E-state index contributed by atoms with van der Waals surface area (Å²) in [5.41, 5.74) is 0. The average molecular weight is 915 g/mol. The van der Waals surface area contributed by atoms with Crippen LogP contribution in [0, 0.1) is 0 Å². The maximum atomic E-state index is 12.8. The summed E-state index contributed by atoms with van der Waals surface area (Å²) in [7, 11) is -4.62. The van der Waals surface area contributed by atoms with Crippen molar-refractivity contribution in [2.75, 3.05) is 19.0 Å². The van der Waals surface area contributed by atoms with Gasteiger partial charge in [0.1, 0.15) is 36.8 Å². The number of ether oxygens (including phenoxy) is 4. The zero-order valence-corrected chi connectivity index (χ0v) is 39.1. The summed E-state index contributed by atoms with van der Waals surface area (Å²) < 4.78 is 54.0. The molecule has 1 heterocycles. The molecule has 0 amide bonds. The molecule has 13 heteroatoms. The number of aliphatic hydroxyl groups is 3. The zero-order valence-electron chi connectivity index (χ0n) is 38.3. The van der Waals surface area contributed by atoms with E-state index in [1.54, 1.807) is 0 Å². The van der Waals surface area contributed by atoms with Crippen molar-refractivity contribution >= 4 is 22.1 Å². The molecule has 0 aliphatic carbocycles. The lowest BCUT2D eigenvalue weighted by atomic mass is 10.00. The summed E-state index contributed by atoms with van der Waals surface area (Å²) in [5.74, 6) is -2.15. The second kappa shape index (κ2) is 39.4. The van der Waals surface area contributed by atoms with E-state index in [0.29, 0.717) is 19.3 Å². The largest absolute Gasteiger partial charge is 0.462 e. The minimum absolute atomic E-state index is 0.0782. The maximum absolute atomic E-state index is 12.8. The van der Waals surface area contributed by atoms with Crippen LogP contribution in [0.15, 0.2) is 122 Å². The van der Waals surface area contributed by atoms with Crippen molar-refractivity contribution in [2.24, 2.45) is 0 Å². The summed E-state index contributed by atoms with van der Waals surface area (Å²) in [6, 6.07) is 0. The van der Waals surface area contributed by atoms with Gasteiger partial charge in [-0.25, -0.2) is 0 Å². The second-order valence-corrected chi connectivity index (χ2v) is 16.8. The predicted octanol–water partition coefficient (Wildman–Crippen LogP) is 9.78. The SMILES string of the molecule is CC/C=C/C/C=C/C/C=C/C/C=C/C/C=C/C/C=C/CCC(=O)OC[C@H](CO[C@H]1O[C@H](CS(=O)(=O)O)[C@@H](O)C(O)C1O)OC(=O)CCCCC/C=C/C/C=C/C/C=C/C/C=C/CCC. The van der Waals surface area contributed by atoms with E-state index in [1.807, 2.05) is 12.2 Å². The fourth-order valence-electron chi connectivity index (χ4n) is 5.99. The smallest absolute Gasteiger partial charge is 0.306 e. The molecule has 0 aromatic carbocycles. The molecule has 2 unspecified atom stereocenters. The van der Waals surface area contributed by atoms with Crippen LogP contribution in [-0.4, -0.2) is 96.0 Å². The summed E-state index contributed by atoms with van der Waals surface area (Å²) in [4.78, 5) is 25.4. The fraction of sp³-hybridized carbons (Fsp3) is 0.569. The Labute approximate surface area is 384 Å². The number of rotatable bonds is 36. The molecule has 1 aliphatic heterocycles. The van der Waals surface area contributed by atoms with E-state index in [4.69, 9.17) is 18.9 Å². The number of carbonyl (C=O) groups excluding carboxylic acids is 2. The van der Waals surface area contributed by atoms with Crippen molar-refractivity contribution < 1.29 is 56.8 Å². The predicted molar refractivity (Wildman–Crippen MR) is 256 cm³/mol. The van der Waals surface area contributed by atoms with Crippen molar-refractivity contribution in [3.05, 3.63) is 122 Å². The third kappa shape index (κ3) is 33.5. The van der Waals surface area contributed by atoms with Gasteiger partial charge in [0.15, 0.2) is 12.4 Å².